The van der Waals surface area contributed by atoms with Gasteiger partial charge in [-0.05, 0) is 0 Å². The van der Waals surface area contributed by atoms with Crippen molar-refractivity contribution >= 4 is 5.78 Å². The summed E-state index contributed by atoms with van der Waals surface area (Å²) in [6, 6.07) is 0. The fraction of sp³-hybridized carbons (Fsp3) is 0.500. The van der Waals surface area contributed by atoms with Gasteiger partial charge in [-0.1, -0.05) is 5.21 Å². The normalized spacial score (nSPS) is 11.7. The monoisotopic (exact) mass is 193 g/mol. The average molecular weight is 193 g/mol. The Balaban J connectivity index is 2.70. The first-order valence-electron chi connectivity index (χ1n) is 3.35. The zero-order valence-electron chi connectivity index (χ0n) is 6.67. The van der Waals surface area contributed by atoms with E-state index in [1.807, 2.05) is 0 Å². The number of ketones is 1. The molecular formula is C6H6F3N3O. The number of nitrogens with zero attached hydrogens (tertiary/aromatic N) is 3. The van der Waals surface area contributed by atoms with Crippen molar-refractivity contribution in [2.45, 2.75) is 12.6 Å². The Bertz CT molecular complexity index is 317. The van der Waals surface area contributed by atoms with Crippen LogP contribution in [-0.2, 0) is 7.05 Å². The zero-order chi connectivity index (χ0) is 10.1. The summed E-state index contributed by atoms with van der Waals surface area (Å²) in [5, 5.41) is 6.61. The molecule has 0 aromatic carbocycles. The lowest BCUT2D eigenvalue weighted by Crippen LogP contribution is -2.15. The van der Waals surface area contributed by atoms with E-state index in [0.29, 0.717) is 0 Å². The summed E-state index contributed by atoms with van der Waals surface area (Å²) in [5.74, 6) is -1.07. The van der Waals surface area contributed by atoms with E-state index in [4.69, 9.17) is 0 Å². The van der Waals surface area contributed by atoms with Crippen LogP contribution < -0.4 is 0 Å². The predicted octanol–water partition coefficient (Wildman–Crippen LogP) is 0.950. The van der Waals surface area contributed by atoms with Gasteiger partial charge < -0.3 is 0 Å². The second kappa shape index (κ2) is 3.15. The zero-order valence-corrected chi connectivity index (χ0v) is 6.67. The molecule has 0 bridgehead atoms. The van der Waals surface area contributed by atoms with Crippen LogP contribution in [0.4, 0.5) is 13.2 Å². The van der Waals surface area contributed by atoms with Crippen molar-refractivity contribution in [2.75, 3.05) is 0 Å². The van der Waals surface area contributed by atoms with E-state index < -0.39 is 18.4 Å². The molecule has 7 heteroatoms. The third-order valence-corrected chi connectivity index (χ3v) is 1.25. The number of hydrogen-bond acceptors (Lipinski definition) is 3. The summed E-state index contributed by atoms with van der Waals surface area (Å²) in [4.78, 5) is 10.8. The molecule has 4 nitrogen and oxygen atoms in total. The number of aromatic nitrogens is 3. The molecule has 0 aliphatic carbocycles. The molecular weight excluding hydrogens is 187 g/mol. The van der Waals surface area contributed by atoms with Gasteiger partial charge in [0.25, 0.3) is 0 Å². The summed E-state index contributed by atoms with van der Waals surface area (Å²) < 4.78 is 36.3. The molecule has 0 spiro atoms. The van der Waals surface area contributed by atoms with Crippen molar-refractivity contribution in [3.8, 4) is 0 Å². The van der Waals surface area contributed by atoms with Crippen LogP contribution in [0.1, 0.15) is 16.9 Å². The van der Waals surface area contributed by atoms with E-state index in [9.17, 15) is 18.0 Å². The predicted molar refractivity (Wildman–Crippen MR) is 36.0 cm³/mol. The molecule has 0 fully saturated rings. The molecule has 0 atom stereocenters. The van der Waals surface area contributed by atoms with Crippen LogP contribution in [0.15, 0.2) is 6.20 Å². The molecule has 0 saturated carbocycles. The highest BCUT2D eigenvalue weighted by Gasteiger charge is 2.32. The molecule has 13 heavy (non-hydrogen) atoms. The molecule has 1 rings (SSSR count). The van der Waals surface area contributed by atoms with Crippen LogP contribution in [0.3, 0.4) is 0 Å². The Hall–Kier alpha value is -1.40. The van der Waals surface area contributed by atoms with Gasteiger partial charge in [0.15, 0.2) is 5.78 Å². The highest BCUT2D eigenvalue weighted by atomic mass is 19.4. The van der Waals surface area contributed by atoms with E-state index in [1.54, 1.807) is 0 Å². The first kappa shape index (κ1) is 9.69. The number of aryl methyl sites for hydroxylation is 1. The maximum absolute atomic E-state index is 11.7. The lowest BCUT2D eigenvalue weighted by Gasteiger charge is -2.01. The number of carbonyl (C=O) groups is 1. The highest BCUT2D eigenvalue weighted by Crippen LogP contribution is 2.21. The number of alkyl halides is 3. The number of hydrogen-bond donors (Lipinski definition) is 0. The molecule has 1 aromatic rings. The molecule has 0 amide bonds. The van der Waals surface area contributed by atoms with Crippen LogP contribution in [0.5, 0.6) is 0 Å². The average Bonchev–Trinajstić information content (AvgIpc) is 2.31. The molecule has 0 saturated heterocycles. The maximum atomic E-state index is 11.7. The van der Waals surface area contributed by atoms with Crippen molar-refractivity contribution < 1.29 is 18.0 Å². The Morgan fingerprint density at radius 3 is 2.62 bits per heavy atom. The quantitative estimate of drug-likeness (QED) is 0.657. The van der Waals surface area contributed by atoms with Crippen LogP contribution in [0.25, 0.3) is 0 Å². The standard InChI is InChI=1S/C6H6F3N3O/c1-12-3-4(10-11-12)5(13)2-6(7,8)9/h3H,2H2,1H3. The minimum atomic E-state index is -4.49. The van der Waals surface area contributed by atoms with Crippen LogP contribution in [0.2, 0.25) is 0 Å². The van der Waals surface area contributed by atoms with Crippen molar-refractivity contribution in [3.05, 3.63) is 11.9 Å². The topological polar surface area (TPSA) is 47.8 Å². The van der Waals surface area contributed by atoms with Gasteiger partial charge in [0.05, 0.1) is 6.20 Å². The third kappa shape index (κ3) is 2.85. The van der Waals surface area contributed by atoms with E-state index in [-0.39, 0.29) is 5.69 Å². The molecule has 0 aliphatic heterocycles. The second-order valence-electron chi connectivity index (χ2n) is 2.49. The maximum Gasteiger partial charge on any atom is 0.396 e. The van der Waals surface area contributed by atoms with Crippen LogP contribution in [-0.4, -0.2) is 27.0 Å². The Morgan fingerprint density at radius 2 is 2.23 bits per heavy atom. The van der Waals surface area contributed by atoms with Crippen molar-refractivity contribution in [1.82, 2.24) is 15.0 Å². The van der Waals surface area contributed by atoms with Gasteiger partial charge in [0.2, 0.25) is 0 Å². The number of rotatable bonds is 2. The van der Waals surface area contributed by atoms with E-state index in [0.717, 1.165) is 6.20 Å². The molecule has 1 heterocycles. The van der Waals surface area contributed by atoms with Gasteiger partial charge in [-0.15, -0.1) is 5.10 Å². The van der Waals surface area contributed by atoms with Gasteiger partial charge >= 0.3 is 6.18 Å². The first-order valence-corrected chi connectivity index (χ1v) is 3.35. The molecule has 1 aromatic heterocycles. The Labute approximate surface area is 71.3 Å². The van der Waals surface area contributed by atoms with Crippen molar-refractivity contribution in [2.24, 2.45) is 7.05 Å². The molecule has 0 radical (unpaired) electrons. The summed E-state index contributed by atoms with van der Waals surface area (Å²) in [5.41, 5.74) is -0.264. The van der Waals surface area contributed by atoms with Gasteiger partial charge in [-0.3, -0.25) is 9.48 Å². The molecule has 0 unspecified atom stereocenters. The number of carbonyl (C=O) groups excluding carboxylic acids is 1. The molecule has 0 N–H and O–H groups in total. The van der Waals surface area contributed by atoms with Crippen molar-refractivity contribution in [1.29, 1.82) is 0 Å². The van der Waals surface area contributed by atoms with Gasteiger partial charge in [0, 0.05) is 7.05 Å². The summed E-state index contributed by atoms with van der Waals surface area (Å²) in [6.45, 7) is 0. The molecule has 0 aliphatic rings. The van der Waals surface area contributed by atoms with E-state index in [2.05, 4.69) is 10.3 Å². The lowest BCUT2D eigenvalue weighted by atomic mass is 10.2. The fourth-order valence-corrected chi connectivity index (χ4v) is 0.748. The second-order valence-corrected chi connectivity index (χ2v) is 2.49. The van der Waals surface area contributed by atoms with E-state index in [1.165, 1.54) is 11.7 Å². The van der Waals surface area contributed by atoms with Crippen molar-refractivity contribution in [3.63, 3.8) is 0 Å². The van der Waals surface area contributed by atoms with Gasteiger partial charge in [0.1, 0.15) is 12.1 Å². The van der Waals surface area contributed by atoms with E-state index >= 15 is 0 Å². The Morgan fingerprint density at radius 1 is 1.62 bits per heavy atom. The smallest absolute Gasteiger partial charge is 0.292 e. The highest BCUT2D eigenvalue weighted by molar-refractivity contribution is 5.94. The lowest BCUT2D eigenvalue weighted by molar-refractivity contribution is -0.125. The summed E-state index contributed by atoms with van der Waals surface area (Å²) in [6.07, 6.45) is -4.84. The van der Waals surface area contributed by atoms with Crippen LogP contribution >= 0.6 is 0 Å². The minimum absolute atomic E-state index is 0.264. The summed E-state index contributed by atoms with van der Waals surface area (Å²) in [7, 11) is 1.47. The Kier molecular flexibility index (Phi) is 2.35. The fourth-order valence-electron chi connectivity index (χ4n) is 0.748. The largest absolute Gasteiger partial charge is 0.396 e. The third-order valence-electron chi connectivity index (χ3n) is 1.25. The van der Waals surface area contributed by atoms with Gasteiger partial charge in [-0.2, -0.15) is 13.2 Å². The number of halogens is 3. The molecule has 72 valence electrons. The number of Topliss-reactive ketones (excluding diaryl/α,β-unsaturated/α-hetero) is 1. The van der Waals surface area contributed by atoms with Gasteiger partial charge in [-0.25, -0.2) is 0 Å². The first-order chi connectivity index (χ1) is 5.88. The minimum Gasteiger partial charge on any atom is -0.292 e. The SMILES string of the molecule is Cn1cc(C(=O)CC(F)(F)F)nn1. The summed E-state index contributed by atoms with van der Waals surface area (Å²) >= 11 is 0. The van der Waals surface area contributed by atoms with Crippen LogP contribution in [0, 0.1) is 0 Å².